The van der Waals surface area contributed by atoms with Crippen molar-refractivity contribution >= 4 is 15.8 Å². The molecule has 1 aliphatic rings. The lowest BCUT2D eigenvalue weighted by atomic mass is 9.99. The van der Waals surface area contributed by atoms with Crippen molar-refractivity contribution in [1.82, 2.24) is 9.62 Å². The van der Waals surface area contributed by atoms with Crippen LogP contribution in [0.15, 0.2) is 54.6 Å². The van der Waals surface area contributed by atoms with Gasteiger partial charge in [-0.25, -0.2) is 13.1 Å². The van der Waals surface area contributed by atoms with Crippen molar-refractivity contribution < 1.29 is 13.2 Å². The minimum absolute atomic E-state index is 0.0680. The Labute approximate surface area is 161 Å². The minimum Gasteiger partial charge on any atom is -0.302 e. The predicted octanol–water partition coefficient (Wildman–Crippen LogP) is 2.99. The molecule has 0 saturated carbocycles. The summed E-state index contributed by atoms with van der Waals surface area (Å²) in [7, 11) is -3.38. The van der Waals surface area contributed by atoms with Crippen LogP contribution < -0.4 is 4.72 Å². The van der Waals surface area contributed by atoms with Crippen molar-refractivity contribution in [3.63, 3.8) is 0 Å². The molecule has 1 atom stereocenters. The minimum atomic E-state index is -3.38. The average molecular weight is 387 g/mol. The summed E-state index contributed by atoms with van der Waals surface area (Å²) < 4.78 is 27.5. The van der Waals surface area contributed by atoms with Crippen LogP contribution in [0.5, 0.6) is 0 Å². The highest BCUT2D eigenvalue weighted by Crippen LogP contribution is 2.18. The standard InChI is InChI=1S/C21H26N2O3S/c1-17(22-27(25,26)15-14-23-12-5-6-13-23)19-10-7-11-20(16-19)21(24)18-8-3-2-4-9-18/h2-4,7-11,16-17,22H,5-6,12-15H2,1H3/t17-/m1/s1. The fourth-order valence-electron chi connectivity index (χ4n) is 3.36. The molecule has 0 aliphatic carbocycles. The fraction of sp³-hybridized carbons (Fsp3) is 0.381. The highest BCUT2D eigenvalue weighted by molar-refractivity contribution is 7.89. The monoisotopic (exact) mass is 386 g/mol. The zero-order valence-electron chi connectivity index (χ0n) is 15.6. The number of ketones is 1. The molecule has 2 aromatic carbocycles. The maximum Gasteiger partial charge on any atom is 0.213 e. The van der Waals surface area contributed by atoms with E-state index in [1.165, 1.54) is 0 Å². The van der Waals surface area contributed by atoms with Crippen LogP contribution in [0.2, 0.25) is 0 Å². The van der Waals surface area contributed by atoms with Gasteiger partial charge in [0.25, 0.3) is 0 Å². The van der Waals surface area contributed by atoms with E-state index in [0.717, 1.165) is 31.5 Å². The summed E-state index contributed by atoms with van der Waals surface area (Å²) in [6, 6.07) is 15.8. The number of carbonyl (C=O) groups is 1. The molecular weight excluding hydrogens is 360 g/mol. The quantitative estimate of drug-likeness (QED) is 0.709. The first-order chi connectivity index (χ1) is 12.9. The number of carbonyl (C=O) groups excluding carboxylic acids is 1. The number of hydrogen-bond acceptors (Lipinski definition) is 4. The first-order valence-corrected chi connectivity index (χ1v) is 11.0. The summed E-state index contributed by atoms with van der Waals surface area (Å²) in [5, 5.41) is 0. The molecule has 0 radical (unpaired) electrons. The second-order valence-electron chi connectivity index (χ2n) is 7.03. The Hall–Kier alpha value is -2.02. The third-order valence-electron chi connectivity index (χ3n) is 4.92. The van der Waals surface area contributed by atoms with Crippen molar-refractivity contribution in [2.45, 2.75) is 25.8 Å². The van der Waals surface area contributed by atoms with Crippen molar-refractivity contribution in [3.8, 4) is 0 Å². The lowest BCUT2D eigenvalue weighted by Crippen LogP contribution is -2.34. The zero-order valence-corrected chi connectivity index (χ0v) is 16.4. The molecule has 1 N–H and O–H groups in total. The average Bonchev–Trinajstić information content (AvgIpc) is 3.20. The molecular formula is C21H26N2O3S. The number of likely N-dealkylation sites (tertiary alicyclic amines) is 1. The molecule has 5 nitrogen and oxygen atoms in total. The van der Waals surface area contributed by atoms with E-state index in [0.29, 0.717) is 17.7 Å². The lowest BCUT2D eigenvalue weighted by Gasteiger charge is -2.18. The Balaban J connectivity index is 1.66. The Morgan fingerprint density at radius 2 is 1.70 bits per heavy atom. The summed E-state index contributed by atoms with van der Waals surface area (Å²) >= 11 is 0. The second-order valence-corrected chi connectivity index (χ2v) is 8.90. The summed E-state index contributed by atoms with van der Waals surface area (Å²) in [4.78, 5) is 14.8. The molecule has 6 heteroatoms. The van der Waals surface area contributed by atoms with Gasteiger partial charge in [-0.15, -0.1) is 0 Å². The van der Waals surface area contributed by atoms with E-state index in [1.807, 2.05) is 24.3 Å². The summed E-state index contributed by atoms with van der Waals surface area (Å²) in [6.45, 7) is 4.33. The van der Waals surface area contributed by atoms with Gasteiger partial charge in [0.2, 0.25) is 10.0 Å². The maximum atomic E-state index is 12.6. The highest BCUT2D eigenvalue weighted by atomic mass is 32.2. The number of hydrogen-bond donors (Lipinski definition) is 1. The van der Waals surface area contributed by atoms with Gasteiger partial charge in [-0.05, 0) is 44.5 Å². The Bertz CT molecular complexity index is 875. The van der Waals surface area contributed by atoms with E-state index in [9.17, 15) is 13.2 Å². The predicted molar refractivity (Wildman–Crippen MR) is 107 cm³/mol. The van der Waals surface area contributed by atoms with E-state index in [1.54, 1.807) is 37.3 Å². The third kappa shape index (κ3) is 5.48. The number of rotatable bonds is 8. The Kier molecular flexibility index (Phi) is 6.42. The summed E-state index contributed by atoms with van der Waals surface area (Å²) in [6.07, 6.45) is 2.29. The first kappa shape index (κ1) is 19.7. The Morgan fingerprint density at radius 3 is 2.41 bits per heavy atom. The van der Waals surface area contributed by atoms with Gasteiger partial charge in [0.15, 0.2) is 5.78 Å². The van der Waals surface area contributed by atoms with E-state index < -0.39 is 16.1 Å². The maximum absolute atomic E-state index is 12.6. The van der Waals surface area contributed by atoms with Crippen molar-refractivity contribution in [2.75, 3.05) is 25.4 Å². The number of nitrogens with zero attached hydrogens (tertiary/aromatic N) is 1. The van der Waals surface area contributed by atoms with Crippen LogP contribution in [0.3, 0.4) is 0 Å². The van der Waals surface area contributed by atoms with Crippen LogP contribution >= 0.6 is 0 Å². The third-order valence-corrected chi connectivity index (χ3v) is 6.35. The van der Waals surface area contributed by atoms with Gasteiger partial charge >= 0.3 is 0 Å². The van der Waals surface area contributed by atoms with E-state index in [4.69, 9.17) is 0 Å². The first-order valence-electron chi connectivity index (χ1n) is 9.37. The molecule has 1 heterocycles. The molecule has 0 bridgehead atoms. The smallest absolute Gasteiger partial charge is 0.213 e. The van der Waals surface area contributed by atoms with Crippen LogP contribution in [0.4, 0.5) is 0 Å². The van der Waals surface area contributed by atoms with E-state index in [2.05, 4.69) is 9.62 Å². The molecule has 1 fully saturated rings. The number of sulfonamides is 1. The van der Waals surface area contributed by atoms with E-state index in [-0.39, 0.29) is 11.5 Å². The largest absolute Gasteiger partial charge is 0.302 e. The SMILES string of the molecule is C[C@@H](NS(=O)(=O)CCN1CCCC1)c1cccc(C(=O)c2ccccc2)c1. The second kappa shape index (κ2) is 8.78. The molecule has 27 heavy (non-hydrogen) atoms. The van der Waals surface area contributed by atoms with Crippen LogP contribution in [0.25, 0.3) is 0 Å². The van der Waals surface area contributed by atoms with Crippen LogP contribution in [-0.2, 0) is 10.0 Å². The van der Waals surface area contributed by atoms with Crippen LogP contribution in [0.1, 0.15) is 47.3 Å². The van der Waals surface area contributed by atoms with Gasteiger partial charge < -0.3 is 4.90 Å². The molecule has 0 spiro atoms. The van der Waals surface area contributed by atoms with Crippen molar-refractivity contribution in [3.05, 3.63) is 71.3 Å². The molecule has 3 rings (SSSR count). The van der Waals surface area contributed by atoms with Crippen LogP contribution in [-0.4, -0.2) is 44.5 Å². The van der Waals surface area contributed by atoms with Crippen LogP contribution in [0, 0.1) is 0 Å². The van der Waals surface area contributed by atoms with Gasteiger partial charge in [-0.3, -0.25) is 4.79 Å². The molecule has 1 saturated heterocycles. The van der Waals surface area contributed by atoms with E-state index >= 15 is 0 Å². The van der Waals surface area contributed by atoms with Crippen molar-refractivity contribution in [2.24, 2.45) is 0 Å². The number of benzene rings is 2. The molecule has 0 unspecified atom stereocenters. The van der Waals surface area contributed by atoms with Gasteiger partial charge in [0, 0.05) is 23.7 Å². The van der Waals surface area contributed by atoms with Gasteiger partial charge in [-0.2, -0.15) is 0 Å². The molecule has 0 amide bonds. The molecule has 0 aromatic heterocycles. The van der Waals surface area contributed by atoms with Gasteiger partial charge in [0.05, 0.1) is 5.75 Å². The molecule has 2 aromatic rings. The number of nitrogens with one attached hydrogen (secondary N) is 1. The van der Waals surface area contributed by atoms with Gasteiger partial charge in [0.1, 0.15) is 0 Å². The molecule has 144 valence electrons. The summed E-state index contributed by atoms with van der Waals surface area (Å²) in [5.74, 6) is 0.0292. The Morgan fingerprint density at radius 1 is 1.04 bits per heavy atom. The zero-order chi connectivity index (χ0) is 19.3. The topological polar surface area (TPSA) is 66.5 Å². The highest BCUT2D eigenvalue weighted by Gasteiger charge is 2.20. The van der Waals surface area contributed by atoms with Gasteiger partial charge in [-0.1, -0.05) is 48.5 Å². The fourth-order valence-corrected chi connectivity index (χ4v) is 4.65. The normalized spacial score (nSPS) is 16.3. The summed E-state index contributed by atoms with van der Waals surface area (Å²) in [5.41, 5.74) is 1.96. The molecule has 1 aliphatic heterocycles. The van der Waals surface area contributed by atoms with Crippen molar-refractivity contribution in [1.29, 1.82) is 0 Å². The lowest BCUT2D eigenvalue weighted by molar-refractivity contribution is 0.103.